The van der Waals surface area contributed by atoms with Crippen molar-refractivity contribution in [3.05, 3.63) is 41.9 Å². The van der Waals surface area contributed by atoms with E-state index >= 15 is 0 Å². The zero-order valence-corrected chi connectivity index (χ0v) is 14.0. The molecule has 0 aliphatic heterocycles. The number of carboxylic acid groups (broad SMARTS) is 1. The molecule has 1 aromatic heterocycles. The molecule has 0 aliphatic rings. The molecule has 0 radical (unpaired) electrons. The van der Waals surface area contributed by atoms with Crippen LogP contribution < -0.4 is 9.47 Å². The molecule has 0 fully saturated rings. The number of oxazole rings is 1. The summed E-state index contributed by atoms with van der Waals surface area (Å²) in [4.78, 5) is 14.6. The molecule has 0 spiro atoms. The molecule has 0 atom stereocenters. The number of carbonyl (C=O) groups is 1. The first-order valence-electron chi connectivity index (χ1n) is 7.56. The number of benzene rings is 1. The molecular weight excluding hydrogens is 310 g/mol. The van der Waals surface area contributed by atoms with Gasteiger partial charge in [-0.2, -0.15) is 0 Å². The Hall–Kier alpha value is -2.76. The van der Waals surface area contributed by atoms with Crippen molar-refractivity contribution in [3.8, 4) is 22.8 Å². The number of aliphatic carboxylic acids is 1. The van der Waals surface area contributed by atoms with Crippen LogP contribution in [0, 0.1) is 0 Å². The quantitative estimate of drug-likeness (QED) is 0.743. The molecule has 0 aliphatic carbocycles. The monoisotopic (exact) mass is 331 g/mol. The van der Waals surface area contributed by atoms with Crippen LogP contribution in [0.25, 0.3) is 11.3 Å². The fourth-order valence-electron chi connectivity index (χ4n) is 2.36. The molecule has 0 unspecified atom stereocenters. The number of nitrogens with zero attached hydrogens (tertiary/aromatic N) is 1. The van der Waals surface area contributed by atoms with E-state index in [1.54, 1.807) is 20.4 Å². The number of carboxylic acids is 1. The highest BCUT2D eigenvalue weighted by Crippen LogP contribution is 2.36. The van der Waals surface area contributed by atoms with E-state index < -0.39 is 5.97 Å². The molecule has 1 heterocycles. The van der Waals surface area contributed by atoms with Crippen LogP contribution in [0.4, 0.5) is 0 Å². The van der Waals surface area contributed by atoms with Gasteiger partial charge in [0.15, 0.2) is 12.2 Å². The van der Waals surface area contributed by atoms with Crippen molar-refractivity contribution in [2.45, 2.75) is 26.2 Å². The summed E-state index contributed by atoms with van der Waals surface area (Å²) in [6, 6.07) is 3.76. The highest BCUT2D eigenvalue weighted by atomic mass is 16.5. The maximum absolute atomic E-state index is 10.6. The summed E-state index contributed by atoms with van der Waals surface area (Å²) >= 11 is 0. The van der Waals surface area contributed by atoms with Crippen molar-refractivity contribution in [2.24, 2.45) is 0 Å². The third kappa shape index (κ3) is 4.38. The number of hydrogen-bond acceptors (Lipinski definition) is 5. The van der Waals surface area contributed by atoms with Crippen LogP contribution in [0.1, 0.15) is 25.3 Å². The summed E-state index contributed by atoms with van der Waals surface area (Å²) < 4.78 is 16.2. The summed E-state index contributed by atoms with van der Waals surface area (Å²) in [5.74, 6) is 1.16. The molecule has 0 saturated carbocycles. The van der Waals surface area contributed by atoms with Gasteiger partial charge in [-0.05, 0) is 31.4 Å². The SMILES string of the molecule is COc1cc(OC)c(-c2cnco2)cc1C/C=C(/C)CCC(=O)O. The Bertz CT molecular complexity index is 719. The Balaban J connectivity index is 2.29. The van der Waals surface area contributed by atoms with Crippen molar-refractivity contribution in [3.63, 3.8) is 0 Å². The van der Waals surface area contributed by atoms with E-state index in [2.05, 4.69) is 4.98 Å². The summed E-state index contributed by atoms with van der Waals surface area (Å²) in [7, 11) is 3.19. The lowest BCUT2D eigenvalue weighted by molar-refractivity contribution is -0.136. The molecule has 1 N–H and O–H groups in total. The van der Waals surface area contributed by atoms with Crippen LogP contribution in [-0.2, 0) is 11.2 Å². The standard InChI is InChI=1S/C18H21NO5/c1-12(5-7-18(20)21)4-6-13-8-14(17-10-19-11-24-17)16(23-3)9-15(13)22-2/h4,8-11H,5-7H2,1-3H3,(H,20,21)/b12-4-. The zero-order chi connectivity index (χ0) is 17.5. The van der Waals surface area contributed by atoms with Crippen LogP contribution in [0.5, 0.6) is 11.5 Å². The van der Waals surface area contributed by atoms with Gasteiger partial charge in [0.25, 0.3) is 0 Å². The van der Waals surface area contributed by atoms with E-state index in [1.165, 1.54) is 6.39 Å². The molecular formula is C18H21NO5. The van der Waals surface area contributed by atoms with Gasteiger partial charge in [0.05, 0.1) is 26.0 Å². The predicted octanol–water partition coefficient (Wildman–Crippen LogP) is 3.71. The minimum Gasteiger partial charge on any atom is -0.496 e. The first-order chi connectivity index (χ1) is 11.5. The van der Waals surface area contributed by atoms with E-state index in [4.69, 9.17) is 19.0 Å². The average molecular weight is 331 g/mol. The summed E-state index contributed by atoms with van der Waals surface area (Å²) in [5, 5.41) is 8.75. The highest BCUT2D eigenvalue weighted by molar-refractivity contribution is 5.69. The van der Waals surface area contributed by atoms with Gasteiger partial charge < -0.3 is 19.0 Å². The normalized spacial score (nSPS) is 11.4. The van der Waals surface area contributed by atoms with Gasteiger partial charge in [-0.3, -0.25) is 4.79 Å². The average Bonchev–Trinajstić information content (AvgIpc) is 3.11. The number of allylic oxidation sites excluding steroid dienone is 2. The van der Waals surface area contributed by atoms with Crippen molar-refractivity contribution >= 4 is 5.97 Å². The van der Waals surface area contributed by atoms with Crippen molar-refractivity contribution < 1.29 is 23.8 Å². The number of ether oxygens (including phenoxy) is 2. The second-order valence-electron chi connectivity index (χ2n) is 5.38. The topological polar surface area (TPSA) is 81.8 Å². The minimum absolute atomic E-state index is 0.130. The fraction of sp³-hybridized carbons (Fsp3) is 0.333. The first-order valence-corrected chi connectivity index (χ1v) is 7.56. The van der Waals surface area contributed by atoms with E-state index in [9.17, 15) is 4.79 Å². The molecule has 2 aromatic rings. The van der Waals surface area contributed by atoms with Crippen LogP contribution in [-0.4, -0.2) is 30.3 Å². The number of aromatic nitrogens is 1. The van der Waals surface area contributed by atoms with Gasteiger partial charge >= 0.3 is 5.97 Å². The molecule has 6 nitrogen and oxygen atoms in total. The number of rotatable bonds is 8. The van der Waals surface area contributed by atoms with Gasteiger partial charge in [0.1, 0.15) is 11.5 Å². The largest absolute Gasteiger partial charge is 0.496 e. The molecule has 128 valence electrons. The summed E-state index contributed by atoms with van der Waals surface area (Å²) in [6.07, 6.45) is 6.29. The van der Waals surface area contributed by atoms with E-state index in [1.807, 2.05) is 25.1 Å². The second kappa shape index (κ2) is 8.19. The first kappa shape index (κ1) is 17.6. The molecule has 0 bridgehead atoms. The third-order valence-corrected chi connectivity index (χ3v) is 3.70. The van der Waals surface area contributed by atoms with E-state index in [0.717, 1.165) is 16.7 Å². The fourth-order valence-corrected chi connectivity index (χ4v) is 2.36. The minimum atomic E-state index is -0.794. The maximum Gasteiger partial charge on any atom is 0.303 e. The van der Waals surface area contributed by atoms with Crippen molar-refractivity contribution in [1.29, 1.82) is 0 Å². The zero-order valence-electron chi connectivity index (χ0n) is 14.0. The molecule has 6 heteroatoms. The Kier molecular flexibility index (Phi) is 6.01. The Morgan fingerprint density at radius 2 is 2.00 bits per heavy atom. The lowest BCUT2D eigenvalue weighted by atomic mass is 10.0. The molecule has 0 amide bonds. The van der Waals surface area contributed by atoms with E-state index in [0.29, 0.717) is 30.1 Å². The molecule has 0 saturated heterocycles. The van der Waals surface area contributed by atoms with Crippen LogP contribution >= 0.6 is 0 Å². The predicted molar refractivity (Wildman–Crippen MR) is 89.4 cm³/mol. The second-order valence-corrected chi connectivity index (χ2v) is 5.38. The van der Waals surface area contributed by atoms with Crippen molar-refractivity contribution in [1.82, 2.24) is 4.98 Å². The van der Waals surface area contributed by atoms with Gasteiger partial charge in [0.2, 0.25) is 0 Å². The van der Waals surface area contributed by atoms with Gasteiger partial charge in [-0.1, -0.05) is 11.6 Å². The molecule has 24 heavy (non-hydrogen) atoms. The van der Waals surface area contributed by atoms with E-state index in [-0.39, 0.29) is 6.42 Å². The summed E-state index contributed by atoms with van der Waals surface area (Å²) in [5.41, 5.74) is 2.78. The Morgan fingerprint density at radius 3 is 2.58 bits per heavy atom. The van der Waals surface area contributed by atoms with Crippen molar-refractivity contribution in [2.75, 3.05) is 14.2 Å². The Labute approximate surface area is 140 Å². The lowest BCUT2D eigenvalue weighted by Crippen LogP contribution is -1.97. The molecule has 2 rings (SSSR count). The maximum atomic E-state index is 10.6. The summed E-state index contributed by atoms with van der Waals surface area (Å²) in [6.45, 7) is 1.93. The van der Waals surface area contributed by atoms with Crippen LogP contribution in [0.2, 0.25) is 0 Å². The van der Waals surface area contributed by atoms with Gasteiger partial charge in [-0.25, -0.2) is 4.98 Å². The third-order valence-electron chi connectivity index (χ3n) is 3.70. The van der Waals surface area contributed by atoms with Crippen LogP contribution in [0.3, 0.4) is 0 Å². The lowest BCUT2D eigenvalue weighted by Gasteiger charge is -2.13. The Morgan fingerprint density at radius 1 is 1.25 bits per heavy atom. The molecule has 1 aromatic carbocycles. The van der Waals surface area contributed by atoms with Gasteiger partial charge in [0, 0.05) is 12.5 Å². The van der Waals surface area contributed by atoms with Gasteiger partial charge in [-0.15, -0.1) is 0 Å². The number of methoxy groups -OCH3 is 2. The van der Waals surface area contributed by atoms with Crippen LogP contribution in [0.15, 0.2) is 40.8 Å². The highest BCUT2D eigenvalue weighted by Gasteiger charge is 2.14. The number of hydrogen-bond donors (Lipinski definition) is 1. The smallest absolute Gasteiger partial charge is 0.303 e.